The number of hydrogen-bond acceptors (Lipinski definition) is 4. The normalized spacial score (nSPS) is 19.7. The lowest BCUT2D eigenvalue weighted by molar-refractivity contribution is -0.162. The molecular weight excluding hydrogens is 384 g/mol. The van der Waals surface area contributed by atoms with E-state index in [1.807, 2.05) is 18.2 Å². The molecule has 1 aliphatic heterocycles. The Morgan fingerprint density at radius 1 is 1.03 bits per heavy atom. The summed E-state index contributed by atoms with van der Waals surface area (Å²) in [6.07, 6.45) is 11.8. The van der Waals surface area contributed by atoms with Gasteiger partial charge in [0.05, 0.1) is 10.1 Å². The molecule has 0 radical (unpaired) electrons. The van der Waals surface area contributed by atoms with Gasteiger partial charge in [-0.15, -0.1) is 0 Å². The Bertz CT molecular complexity index is 638. The van der Waals surface area contributed by atoms with Gasteiger partial charge in [0.1, 0.15) is 0 Å². The van der Waals surface area contributed by atoms with Gasteiger partial charge in [0.2, 0.25) is 0 Å². The lowest BCUT2D eigenvalue weighted by Gasteiger charge is -2.23. The highest BCUT2D eigenvalue weighted by Crippen LogP contribution is 2.28. The molecule has 166 valence electrons. The largest absolute Gasteiger partial charge is 0.353 e. The molecule has 5 heteroatoms. The fourth-order valence-electron chi connectivity index (χ4n) is 4.01. The monoisotopic (exact) mass is 424 g/mol. The van der Waals surface area contributed by atoms with Crippen molar-refractivity contribution >= 4 is 9.84 Å². The topological polar surface area (TPSA) is 52.6 Å². The molecule has 0 N–H and O–H groups in total. The first-order valence-electron chi connectivity index (χ1n) is 11.6. The Labute approximate surface area is 178 Å². The number of unbranched alkanes of at least 4 members (excludes halogenated alkanes) is 5. The first-order valence-corrected chi connectivity index (χ1v) is 13.1. The summed E-state index contributed by atoms with van der Waals surface area (Å²) in [5, 5.41) is -0.279. The predicted molar refractivity (Wildman–Crippen MR) is 119 cm³/mol. The van der Waals surface area contributed by atoms with Crippen LogP contribution in [-0.4, -0.2) is 33.2 Å². The van der Waals surface area contributed by atoms with Crippen LogP contribution in [0.3, 0.4) is 0 Å². The lowest BCUT2D eigenvalue weighted by atomic mass is 9.99. The van der Waals surface area contributed by atoms with E-state index in [1.165, 1.54) is 25.7 Å². The van der Waals surface area contributed by atoms with E-state index in [4.69, 9.17) is 9.47 Å². The highest BCUT2D eigenvalue weighted by molar-refractivity contribution is 7.92. The van der Waals surface area contributed by atoms with Crippen LogP contribution < -0.4 is 0 Å². The van der Waals surface area contributed by atoms with Crippen molar-refractivity contribution in [2.24, 2.45) is 5.92 Å². The van der Waals surface area contributed by atoms with E-state index in [1.54, 1.807) is 12.1 Å². The van der Waals surface area contributed by atoms with Gasteiger partial charge in [0.15, 0.2) is 16.1 Å². The maximum atomic E-state index is 13.1. The summed E-state index contributed by atoms with van der Waals surface area (Å²) in [4.78, 5) is 0.465. The SMILES string of the molecule is CC[C@@H](C)C(CCCCCCCCOC1CCCCO1)S(=O)(=O)c1ccccc1. The second-order valence-corrected chi connectivity index (χ2v) is 10.5. The van der Waals surface area contributed by atoms with Crippen molar-refractivity contribution < 1.29 is 17.9 Å². The van der Waals surface area contributed by atoms with Gasteiger partial charge in [-0.2, -0.15) is 0 Å². The molecule has 2 rings (SSSR count). The molecule has 0 amide bonds. The van der Waals surface area contributed by atoms with E-state index in [0.717, 1.165) is 58.2 Å². The first-order chi connectivity index (χ1) is 14.1. The van der Waals surface area contributed by atoms with Crippen LogP contribution in [0.25, 0.3) is 0 Å². The van der Waals surface area contributed by atoms with Crippen molar-refractivity contribution in [2.45, 2.75) is 101 Å². The molecular formula is C24H40O4S. The van der Waals surface area contributed by atoms with Gasteiger partial charge in [0, 0.05) is 13.2 Å². The minimum Gasteiger partial charge on any atom is -0.353 e. The van der Waals surface area contributed by atoms with Crippen molar-refractivity contribution in [1.29, 1.82) is 0 Å². The predicted octanol–water partition coefficient (Wildman–Crippen LogP) is 6.15. The third-order valence-electron chi connectivity index (χ3n) is 6.07. The minimum atomic E-state index is -3.26. The van der Waals surface area contributed by atoms with Crippen LogP contribution in [0.4, 0.5) is 0 Å². The fraction of sp³-hybridized carbons (Fsp3) is 0.750. The highest BCUT2D eigenvalue weighted by Gasteiger charge is 2.30. The zero-order valence-electron chi connectivity index (χ0n) is 18.4. The fourth-order valence-corrected chi connectivity index (χ4v) is 6.17. The number of sulfone groups is 1. The minimum absolute atomic E-state index is 0.0211. The highest BCUT2D eigenvalue weighted by atomic mass is 32.2. The number of ether oxygens (including phenoxy) is 2. The molecule has 4 nitrogen and oxygen atoms in total. The van der Waals surface area contributed by atoms with Gasteiger partial charge >= 0.3 is 0 Å². The summed E-state index contributed by atoms with van der Waals surface area (Å²) in [6, 6.07) is 8.94. The number of rotatable bonds is 14. The van der Waals surface area contributed by atoms with E-state index in [2.05, 4.69) is 13.8 Å². The molecule has 1 saturated heterocycles. The first kappa shape index (κ1) is 24.4. The molecule has 1 aromatic rings. The molecule has 29 heavy (non-hydrogen) atoms. The molecule has 0 saturated carbocycles. The van der Waals surface area contributed by atoms with Gasteiger partial charge in [-0.05, 0) is 50.2 Å². The second-order valence-electron chi connectivity index (χ2n) is 8.36. The Hall–Kier alpha value is -0.910. The average Bonchev–Trinajstić information content (AvgIpc) is 2.75. The second kappa shape index (κ2) is 13.4. The van der Waals surface area contributed by atoms with E-state index in [-0.39, 0.29) is 17.5 Å². The van der Waals surface area contributed by atoms with Gasteiger partial charge in [-0.3, -0.25) is 0 Å². The van der Waals surface area contributed by atoms with Crippen LogP contribution in [0.1, 0.15) is 84.5 Å². The molecule has 0 bridgehead atoms. The number of benzene rings is 1. The van der Waals surface area contributed by atoms with Crippen LogP contribution in [-0.2, 0) is 19.3 Å². The maximum absolute atomic E-state index is 13.1. The summed E-state index contributed by atoms with van der Waals surface area (Å²) in [6.45, 7) is 5.78. The molecule has 0 aromatic heterocycles. The summed E-state index contributed by atoms with van der Waals surface area (Å²) < 4.78 is 37.5. The molecule has 1 aromatic carbocycles. The van der Waals surface area contributed by atoms with Crippen LogP contribution in [0.2, 0.25) is 0 Å². The van der Waals surface area contributed by atoms with E-state index in [0.29, 0.717) is 4.90 Å². The van der Waals surface area contributed by atoms with E-state index >= 15 is 0 Å². The van der Waals surface area contributed by atoms with Crippen LogP contribution in [0.15, 0.2) is 35.2 Å². The molecule has 0 aliphatic carbocycles. The Balaban J connectivity index is 1.63. The van der Waals surface area contributed by atoms with Crippen molar-refractivity contribution in [3.8, 4) is 0 Å². The maximum Gasteiger partial charge on any atom is 0.181 e. The molecule has 1 heterocycles. The summed E-state index contributed by atoms with van der Waals surface area (Å²) in [5.41, 5.74) is 0. The van der Waals surface area contributed by atoms with Crippen LogP contribution in [0, 0.1) is 5.92 Å². The zero-order chi connectivity index (χ0) is 21.0. The third kappa shape index (κ3) is 8.39. The molecule has 1 aliphatic rings. The zero-order valence-corrected chi connectivity index (χ0v) is 19.2. The Morgan fingerprint density at radius 2 is 1.72 bits per heavy atom. The van der Waals surface area contributed by atoms with Gasteiger partial charge in [0.25, 0.3) is 0 Å². The lowest BCUT2D eigenvalue weighted by Crippen LogP contribution is -2.28. The Kier molecular flexibility index (Phi) is 11.3. The van der Waals surface area contributed by atoms with Crippen molar-refractivity contribution in [3.05, 3.63) is 30.3 Å². The smallest absolute Gasteiger partial charge is 0.181 e. The quantitative estimate of drug-likeness (QED) is 0.336. The van der Waals surface area contributed by atoms with Gasteiger partial charge < -0.3 is 9.47 Å². The molecule has 0 spiro atoms. The summed E-state index contributed by atoms with van der Waals surface area (Å²) in [5.74, 6) is 0.180. The molecule has 1 fully saturated rings. The van der Waals surface area contributed by atoms with Crippen LogP contribution in [0.5, 0.6) is 0 Å². The Morgan fingerprint density at radius 3 is 2.38 bits per heavy atom. The van der Waals surface area contributed by atoms with Gasteiger partial charge in [-0.25, -0.2) is 8.42 Å². The van der Waals surface area contributed by atoms with E-state index in [9.17, 15) is 8.42 Å². The average molecular weight is 425 g/mol. The van der Waals surface area contributed by atoms with E-state index < -0.39 is 9.84 Å². The number of hydrogen-bond donors (Lipinski definition) is 0. The van der Waals surface area contributed by atoms with Crippen molar-refractivity contribution in [1.82, 2.24) is 0 Å². The van der Waals surface area contributed by atoms with Gasteiger partial charge in [-0.1, -0.05) is 70.6 Å². The van der Waals surface area contributed by atoms with Crippen molar-refractivity contribution in [3.63, 3.8) is 0 Å². The van der Waals surface area contributed by atoms with Crippen molar-refractivity contribution in [2.75, 3.05) is 13.2 Å². The molecule has 3 atom stereocenters. The molecule has 2 unspecified atom stereocenters. The van der Waals surface area contributed by atoms with Crippen LogP contribution >= 0.6 is 0 Å². The summed E-state index contributed by atoms with van der Waals surface area (Å²) >= 11 is 0. The third-order valence-corrected chi connectivity index (χ3v) is 8.50. The standard InChI is InChI=1S/C24H40O4S/c1-3-21(2)23(29(25,26)22-15-9-8-10-16-22)17-11-6-4-5-7-13-19-27-24-18-12-14-20-28-24/h8-10,15-16,21,23-24H,3-7,11-14,17-20H2,1-2H3/t21-,23?,24?/m1/s1. The summed E-state index contributed by atoms with van der Waals surface area (Å²) in [7, 11) is -3.26.